The summed E-state index contributed by atoms with van der Waals surface area (Å²) in [6.45, 7) is 6.67. The zero-order valence-electron chi connectivity index (χ0n) is 15.5. The molecule has 0 saturated carbocycles. The summed E-state index contributed by atoms with van der Waals surface area (Å²) in [5, 5.41) is 7.74. The molecule has 2 aromatic carbocycles. The van der Waals surface area contributed by atoms with E-state index in [2.05, 4.69) is 59.6 Å². The molecule has 0 aliphatic heterocycles. The molecule has 134 valence electrons. The number of nitrogens with two attached hydrogens (primary N) is 1. The van der Waals surface area contributed by atoms with Gasteiger partial charge in [0.25, 0.3) is 0 Å². The molecular formula is C21H25N5. The number of anilines is 1. The third-order valence-electron chi connectivity index (χ3n) is 4.26. The standard InChI is InChI=1S/C21H25N5/c1-4-17-8-7-10-19(13-17)24-21(22)23-14-18-9-5-6-11-20(18)26-16(3)12-15(2)25-26/h5-13H,4,14H2,1-3H3,(H3,22,23,24). The first-order chi connectivity index (χ1) is 12.6. The summed E-state index contributed by atoms with van der Waals surface area (Å²) in [6, 6.07) is 18.4. The van der Waals surface area contributed by atoms with E-state index in [-0.39, 0.29) is 0 Å². The fourth-order valence-corrected chi connectivity index (χ4v) is 2.95. The van der Waals surface area contributed by atoms with Gasteiger partial charge in [-0.15, -0.1) is 0 Å². The lowest BCUT2D eigenvalue weighted by molar-refractivity contribution is 0.818. The van der Waals surface area contributed by atoms with Gasteiger partial charge in [-0.1, -0.05) is 37.3 Å². The number of hydrogen-bond donors (Lipinski definition) is 2. The summed E-state index contributed by atoms with van der Waals surface area (Å²) >= 11 is 0. The van der Waals surface area contributed by atoms with E-state index in [0.717, 1.165) is 34.7 Å². The van der Waals surface area contributed by atoms with Crippen LogP contribution in [0, 0.1) is 13.8 Å². The van der Waals surface area contributed by atoms with Crippen molar-refractivity contribution in [3.05, 3.63) is 77.1 Å². The number of benzene rings is 2. The van der Waals surface area contributed by atoms with Gasteiger partial charge in [-0.05, 0) is 55.7 Å². The third-order valence-corrected chi connectivity index (χ3v) is 4.26. The van der Waals surface area contributed by atoms with E-state index in [1.165, 1.54) is 5.56 Å². The quantitative estimate of drug-likeness (QED) is 0.542. The average molecular weight is 347 g/mol. The van der Waals surface area contributed by atoms with Gasteiger partial charge in [0.15, 0.2) is 5.96 Å². The van der Waals surface area contributed by atoms with E-state index in [9.17, 15) is 0 Å². The Balaban J connectivity index is 1.78. The minimum atomic E-state index is 0.404. The van der Waals surface area contributed by atoms with Crippen molar-refractivity contribution in [2.24, 2.45) is 10.7 Å². The SMILES string of the molecule is CCc1cccc(NC(N)=NCc2ccccc2-n2nc(C)cc2C)c1. The molecule has 1 aromatic heterocycles. The second kappa shape index (κ2) is 7.87. The Morgan fingerprint density at radius 3 is 2.65 bits per heavy atom. The van der Waals surface area contributed by atoms with E-state index in [0.29, 0.717) is 12.5 Å². The number of aromatic nitrogens is 2. The van der Waals surface area contributed by atoms with Gasteiger partial charge in [-0.25, -0.2) is 9.67 Å². The van der Waals surface area contributed by atoms with E-state index in [1.807, 2.05) is 35.9 Å². The van der Waals surface area contributed by atoms with Crippen LogP contribution in [-0.2, 0) is 13.0 Å². The summed E-state index contributed by atoms with van der Waals surface area (Å²) in [6.07, 6.45) is 0.989. The number of hydrogen-bond acceptors (Lipinski definition) is 2. The van der Waals surface area contributed by atoms with E-state index >= 15 is 0 Å². The minimum Gasteiger partial charge on any atom is -0.370 e. The molecule has 5 heteroatoms. The summed E-state index contributed by atoms with van der Waals surface area (Å²) in [5.41, 5.74) is 12.5. The van der Waals surface area contributed by atoms with Gasteiger partial charge in [0, 0.05) is 11.4 Å². The molecule has 0 amide bonds. The van der Waals surface area contributed by atoms with Gasteiger partial charge in [-0.3, -0.25) is 0 Å². The third kappa shape index (κ3) is 4.11. The van der Waals surface area contributed by atoms with Crippen LogP contribution in [-0.4, -0.2) is 15.7 Å². The zero-order valence-corrected chi connectivity index (χ0v) is 15.5. The Kier molecular flexibility index (Phi) is 5.37. The second-order valence-corrected chi connectivity index (χ2v) is 6.35. The maximum atomic E-state index is 6.08. The van der Waals surface area contributed by atoms with Crippen molar-refractivity contribution < 1.29 is 0 Å². The van der Waals surface area contributed by atoms with Crippen molar-refractivity contribution in [3.63, 3.8) is 0 Å². The lowest BCUT2D eigenvalue weighted by Crippen LogP contribution is -2.22. The van der Waals surface area contributed by atoms with Gasteiger partial charge in [0.05, 0.1) is 17.9 Å². The molecule has 3 N–H and O–H groups in total. The monoisotopic (exact) mass is 347 g/mol. The summed E-state index contributed by atoms with van der Waals surface area (Å²) in [7, 11) is 0. The summed E-state index contributed by atoms with van der Waals surface area (Å²) in [5.74, 6) is 0.404. The molecule has 0 atom stereocenters. The highest BCUT2D eigenvalue weighted by Gasteiger charge is 2.08. The van der Waals surface area contributed by atoms with Crippen molar-refractivity contribution in [1.29, 1.82) is 0 Å². The van der Waals surface area contributed by atoms with Crippen molar-refractivity contribution in [2.45, 2.75) is 33.7 Å². The predicted molar refractivity (Wildman–Crippen MR) is 108 cm³/mol. The number of para-hydroxylation sites is 1. The molecule has 0 saturated heterocycles. The number of nitrogens with zero attached hydrogens (tertiary/aromatic N) is 3. The Morgan fingerprint density at radius 2 is 1.92 bits per heavy atom. The van der Waals surface area contributed by atoms with Crippen molar-refractivity contribution >= 4 is 11.6 Å². The highest BCUT2D eigenvalue weighted by atomic mass is 15.3. The Hall–Kier alpha value is -3.08. The Morgan fingerprint density at radius 1 is 1.12 bits per heavy atom. The number of aryl methyl sites for hydroxylation is 3. The molecule has 26 heavy (non-hydrogen) atoms. The Bertz CT molecular complexity index is 924. The maximum Gasteiger partial charge on any atom is 0.193 e. The minimum absolute atomic E-state index is 0.404. The summed E-state index contributed by atoms with van der Waals surface area (Å²) < 4.78 is 1.95. The van der Waals surface area contributed by atoms with Gasteiger partial charge >= 0.3 is 0 Å². The molecular weight excluding hydrogens is 322 g/mol. The Labute approximate surface area is 154 Å². The largest absolute Gasteiger partial charge is 0.370 e. The normalized spacial score (nSPS) is 11.6. The lowest BCUT2D eigenvalue weighted by Gasteiger charge is -2.11. The number of rotatable bonds is 5. The van der Waals surface area contributed by atoms with Crippen LogP contribution in [0.15, 0.2) is 59.6 Å². The lowest BCUT2D eigenvalue weighted by atomic mass is 10.1. The number of nitrogens with one attached hydrogen (secondary N) is 1. The first-order valence-electron chi connectivity index (χ1n) is 8.84. The van der Waals surface area contributed by atoms with Crippen LogP contribution in [0.2, 0.25) is 0 Å². The van der Waals surface area contributed by atoms with E-state index in [1.54, 1.807) is 0 Å². The average Bonchev–Trinajstić information content (AvgIpc) is 2.98. The molecule has 1 heterocycles. The van der Waals surface area contributed by atoms with E-state index in [4.69, 9.17) is 5.73 Å². The van der Waals surface area contributed by atoms with Crippen LogP contribution in [0.3, 0.4) is 0 Å². The highest BCUT2D eigenvalue weighted by Crippen LogP contribution is 2.18. The maximum absolute atomic E-state index is 6.08. The smallest absolute Gasteiger partial charge is 0.193 e. The van der Waals surface area contributed by atoms with Crippen LogP contribution < -0.4 is 11.1 Å². The van der Waals surface area contributed by atoms with Crippen molar-refractivity contribution in [2.75, 3.05) is 5.32 Å². The van der Waals surface area contributed by atoms with Gasteiger partial charge in [-0.2, -0.15) is 5.10 Å². The fraction of sp³-hybridized carbons (Fsp3) is 0.238. The molecule has 0 aliphatic rings. The molecule has 0 aliphatic carbocycles. The molecule has 3 aromatic rings. The molecule has 0 unspecified atom stereocenters. The molecule has 5 nitrogen and oxygen atoms in total. The predicted octanol–water partition coefficient (Wildman–Crippen LogP) is 3.98. The van der Waals surface area contributed by atoms with Crippen LogP contribution >= 0.6 is 0 Å². The van der Waals surface area contributed by atoms with Crippen LogP contribution in [0.5, 0.6) is 0 Å². The van der Waals surface area contributed by atoms with Gasteiger partial charge in [0.1, 0.15) is 0 Å². The van der Waals surface area contributed by atoms with Crippen molar-refractivity contribution in [1.82, 2.24) is 9.78 Å². The van der Waals surface area contributed by atoms with Crippen LogP contribution in [0.4, 0.5) is 5.69 Å². The van der Waals surface area contributed by atoms with Crippen LogP contribution in [0.25, 0.3) is 5.69 Å². The fourth-order valence-electron chi connectivity index (χ4n) is 2.95. The van der Waals surface area contributed by atoms with E-state index < -0.39 is 0 Å². The number of guanidine groups is 1. The van der Waals surface area contributed by atoms with Gasteiger partial charge < -0.3 is 11.1 Å². The zero-order chi connectivity index (χ0) is 18.5. The molecule has 0 spiro atoms. The van der Waals surface area contributed by atoms with Gasteiger partial charge in [0.2, 0.25) is 0 Å². The number of aliphatic imine (C=N–C) groups is 1. The molecule has 3 rings (SSSR count). The van der Waals surface area contributed by atoms with Crippen LogP contribution in [0.1, 0.15) is 29.4 Å². The second-order valence-electron chi connectivity index (χ2n) is 6.35. The molecule has 0 bridgehead atoms. The summed E-state index contributed by atoms with van der Waals surface area (Å²) in [4.78, 5) is 4.51. The topological polar surface area (TPSA) is 68.2 Å². The van der Waals surface area contributed by atoms with Crippen molar-refractivity contribution in [3.8, 4) is 5.69 Å². The first kappa shape index (κ1) is 17.7. The highest BCUT2D eigenvalue weighted by molar-refractivity contribution is 5.92. The first-order valence-corrected chi connectivity index (χ1v) is 8.84. The molecule has 0 radical (unpaired) electrons. The molecule has 0 fully saturated rings.